The fraction of sp³-hybridized carbons (Fsp3) is 0.533. The Bertz CT molecular complexity index is 773. The Hall–Kier alpha value is -1.76. The average molecular weight is 413 g/mol. The predicted molar refractivity (Wildman–Crippen MR) is 87.0 cm³/mol. The van der Waals surface area contributed by atoms with Gasteiger partial charge in [-0.15, -0.1) is 0 Å². The first-order chi connectivity index (χ1) is 12.5. The minimum absolute atomic E-state index is 0.0341. The second-order valence-electron chi connectivity index (χ2n) is 6.03. The van der Waals surface area contributed by atoms with Crippen LogP contribution in [0.3, 0.4) is 0 Å². The van der Waals surface area contributed by atoms with Crippen LogP contribution in [0, 0.1) is 0 Å². The molecule has 2 heterocycles. The van der Waals surface area contributed by atoms with Crippen LogP contribution in [0.5, 0.6) is 5.88 Å². The molecule has 0 spiro atoms. The number of alkyl halides is 3. The summed E-state index contributed by atoms with van der Waals surface area (Å²) in [5, 5.41) is 9.63. The molecule has 1 aromatic rings. The average Bonchev–Trinajstić information content (AvgIpc) is 2.62. The van der Waals surface area contributed by atoms with Crippen LogP contribution >= 0.6 is 0 Å². The smallest absolute Gasteiger partial charge is 0.417 e. The summed E-state index contributed by atoms with van der Waals surface area (Å²) in [5.74, 6) is 0.0341. The second kappa shape index (κ2) is 8.09. The van der Waals surface area contributed by atoms with E-state index in [0.29, 0.717) is 6.33 Å². The zero-order valence-corrected chi connectivity index (χ0v) is 14.9. The third-order valence-corrected chi connectivity index (χ3v) is 6.13. The van der Waals surface area contributed by atoms with Gasteiger partial charge in [0.25, 0.3) is 0 Å². The monoisotopic (exact) mass is 413 g/mol. The van der Waals surface area contributed by atoms with Crippen LogP contribution < -0.4 is 10.5 Å². The van der Waals surface area contributed by atoms with Crippen molar-refractivity contribution in [3.63, 3.8) is 0 Å². The van der Waals surface area contributed by atoms with Gasteiger partial charge in [0.15, 0.2) is 5.60 Å². The highest BCUT2D eigenvalue weighted by Gasteiger charge is 2.55. The van der Waals surface area contributed by atoms with E-state index in [-0.39, 0.29) is 29.5 Å². The summed E-state index contributed by atoms with van der Waals surface area (Å²) in [6, 6.07) is 2.43. The van der Waals surface area contributed by atoms with Gasteiger partial charge in [0.1, 0.15) is 11.5 Å². The van der Waals surface area contributed by atoms with Crippen LogP contribution in [0.2, 0.25) is 0 Å². The summed E-state index contributed by atoms with van der Waals surface area (Å²) in [4.78, 5) is 3.57. The number of pyridine rings is 1. The molecule has 0 atom stereocenters. The Morgan fingerprint density at radius 2 is 2.00 bits per heavy atom. The SMILES string of the molecule is NC/C(=C/F)COc1ccc(S(=O)(=O)N2CCC(O)(C(F)(F)F)CC2)cn1. The summed E-state index contributed by atoms with van der Waals surface area (Å²) in [6.45, 7) is -1.16. The molecule has 0 radical (unpaired) electrons. The molecule has 0 bridgehead atoms. The van der Waals surface area contributed by atoms with Crippen molar-refractivity contribution in [3.05, 3.63) is 30.2 Å². The number of rotatable bonds is 6. The number of hydrogen-bond acceptors (Lipinski definition) is 6. The van der Waals surface area contributed by atoms with Crippen molar-refractivity contribution in [3.8, 4) is 5.88 Å². The number of nitrogens with two attached hydrogens (primary N) is 1. The van der Waals surface area contributed by atoms with Gasteiger partial charge in [0.2, 0.25) is 15.9 Å². The lowest BCUT2D eigenvalue weighted by Crippen LogP contribution is -2.54. The minimum Gasteiger partial charge on any atom is -0.473 e. The van der Waals surface area contributed by atoms with E-state index in [1.54, 1.807) is 0 Å². The third kappa shape index (κ3) is 4.75. The highest BCUT2D eigenvalue weighted by molar-refractivity contribution is 7.89. The molecule has 1 aliphatic heterocycles. The fourth-order valence-corrected chi connectivity index (χ4v) is 3.82. The van der Waals surface area contributed by atoms with E-state index < -0.39 is 47.7 Å². The van der Waals surface area contributed by atoms with E-state index in [1.165, 1.54) is 12.1 Å². The minimum atomic E-state index is -4.82. The Kier molecular flexibility index (Phi) is 6.45. The summed E-state index contributed by atoms with van der Waals surface area (Å²) < 4.78 is 81.9. The van der Waals surface area contributed by atoms with E-state index in [4.69, 9.17) is 10.5 Å². The molecule has 0 amide bonds. The molecule has 7 nitrogen and oxygen atoms in total. The van der Waals surface area contributed by atoms with Crippen LogP contribution in [0.15, 0.2) is 35.1 Å². The molecule has 27 heavy (non-hydrogen) atoms. The van der Waals surface area contributed by atoms with Crippen LogP contribution in [-0.2, 0) is 10.0 Å². The summed E-state index contributed by atoms with van der Waals surface area (Å²) >= 11 is 0. The number of sulfonamides is 1. The van der Waals surface area contributed by atoms with Crippen molar-refractivity contribution < 1.29 is 35.8 Å². The lowest BCUT2D eigenvalue weighted by Gasteiger charge is -2.38. The van der Waals surface area contributed by atoms with E-state index in [1.807, 2.05) is 0 Å². The van der Waals surface area contributed by atoms with Gasteiger partial charge in [0.05, 0.1) is 12.5 Å². The Labute approximate surface area is 153 Å². The predicted octanol–water partition coefficient (Wildman–Crippen LogP) is 1.35. The standard InChI is InChI=1S/C15H19F4N3O4S/c16-7-11(8-20)10-26-13-2-1-12(9-21-13)27(24,25)22-5-3-14(23,4-6-22)15(17,18)19/h1-2,7,9,23H,3-6,8,10,20H2/b11-7-. The number of hydrogen-bond donors (Lipinski definition) is 2. The highest BCUT2D eigenvalue weighted by Crippen LogP contribution is 2.39. The number of nitrogens with zero attached hydrogens (tertiary/aromatic N) is 2. The van der Waals surface area contributed by atoms with Gasteiger partial charge in [-0.1, -0.05) is 0 Å². The van der Waals surface area contributed by atoms with Crippen molar-refractivity contribution in [2.75, 3.05) is 26.2 Å². The van der Waals surface area contributed by atoms with E-state index in [9.17, 15) is 31.1 Å². The number of ether oxygens (including phenoxy) is 1. The van der Waals surface area contributed by atoms with E-state index >= 15 is 0 Å². The van der Waals surface area contributed by atoms with Crippen molar-refractivity contribution in [1.29, 1.82) is 0 Å². The molecule has 0 unspecified atom stereocenters. The Morgan fingerprint density at radius 3 is 2.44 bits per heavy atom. The van der Waals surface area contributed by atoms with Crippen molar-refractivity contribution in [2.45, 2.75) is 29.5 Å². The zero-order valence-electron chi connectivity index (χ0n) is 14.1. The molecule has 1 fully saturated rings. The van der Waals surface area contributed by atoms with Gasteiger partial charge in [-0.25, -0.2) is 17.8 Å². The molecule has 0 aliphatic carbocycles. The fourth-order valence-electron chi connectivity index (χ4n) is 2.44. The quantitative estimate of drug-likeness (QED) is 0.682. The molecule has 3 N–H and O–H groups in total. The van der Waals surface area contributed by atoms with Crippen molar-refractivity contribution in [1.82, 2.24) is 9.29 Å². The van der Waals surface area contributed by atoms with Crippen LogP contribution in [0.25, 0.3) is 0 Å². The second-order valence-corrected chi connectivity index (χ2v) is 7.96. The normalized spacial score (nSPS) is 19.1. The van der Waals surface area contributed by atoms with Gasteiger partial charge in [-0.05, 0) is 18.9 Å². The molecular weight excluding hydrogens is 394 g/mol. The first kappa shape index (κ1) is 21.5. The van der Waals surface area contributed by atoms with Gasteiger partial charge >= 0.3 is 6.18 Å². The maximum atomic E-state index is 12.8. The lowest BCUT2D eigenvalue weighted by atomic mass is 9.92. The summed E-state index contributed by atoms with van der Waals surface area (Å²) in [7, 11) is -4.07. The maximum Gasteiger partial charge on any atom is 0.417 e. The zero-order chi connectivity index (χ0) is 20.3. The molecular formula is C15H19F4N3O4S. The molecule has 0 aromatic carbocycles. The van der Waals surface area contributed by atoms with Crippen LogP contribution in [-0.4, -0.2) is 60.8 Å². The molecule has 1 aromatic heterocycles. The molecule has 1 saturated heterocycles. The van der Waals surface area contributed by atoms with E-state index in [0.717, 1.165) is 10.5 Å². The largest absolute Gasteiger partial charge is 0.473 e. The Morgan fingerprint density at radius 1 is 1.37 bits per heavy atom. The third-order valence-electron chi connectivity index (χ3n) is 4.25. The topological polar surface area (TPSA) is 106 Å². The molecule has 1 aliphatic rings. The van der Waals surface area contributed by atoms with Gasteiger partial charge < -0.3 is 15.6 Å². The van der Waals surface area contributed by atoms with Crippen molar-refractivity contribution >= 4 is 10.0 Å². The Balaban J connectivity index is 2.05. The molecule has 12 heteroatoms. The van der Waals surface area contributed by atoms with Gasteiger partial charge in [-0.2, -0.15) is 17.5 Å². The van der Waals surface area contributed by atoms with Crippen LogP contribution in [0.1, 0.15) is 12.8 Å². The number of halogens is 4. The van der Waals surface area contributed by atoms with Crippen molar-refractivity contribution in [2.24, 2.45) is 5.73 Å². The van der Waals surface area contributed by atoms with E-state index in [2.05, 4.69) is 4.98 Å². The van der Waals surface area contributed by atoms with Gasteiger partial charge in [-0.3, -0.25) is 0 Å². The maximum absolute atomic E-state index is 12.8. The van der Waals surface area contributed by atoms with Crippen LogP contribution in [0.4, 0.5) is 17.6 Å². The summed E-state index contributed by atoms with van der Waals surface area (Å²) in [5.41, 5.74) is 2.57. The molecule has 152 valence electrons. The van der Waals surface area contributed by atoms with Gasteiger partial charge in [0, 0.05) is 31.3 Å². The first-order valence-electron chi connectivity index (χ1n) is 7.90. The molecule has 2 rings (SSSR count). The summed E-state index contributed by atoms with van der Waals surface area (Å²) in [6.07, 6.45) is -5.02. The highest BCUT2D eigenvalue weighted by atomic mass is 32.2. The number of piperidine rings is 1. The number of aliphatic hydroxyl groups is 1. The molecule has 0 saturated carbocycles. The first-order valence-corrected chi connectivity index (χ1v) is 9.34. The number of aromatic nitrogens is 1. The lowest BCUT2D eigenvalue weighted by molar-refractivity contribution is -0.270.